The monoisotopic (exact) mass is 382 g/mol. The van der Waals surface area contributed by atoms with Crippen LogP contribution in [0.4, 0.5) is 11.4 Å². The van der Waals surface area contributed by atoms with Gasteiger partial charge in [0.25, 0.3) is 0 Å². The summed E-state index contributed by atoms with van der Waals surface area (Å²) in [5.74, 6) is -0.356. The molecule has 2 aromatic carbocycles. The van der Waals surface area contributed by atoms with Crippen LogP contribution in [0.1, 0.15) is 33.2 Å². The minimum Gasteiger partial charge on any atom is -0.462 e. The minimum atomic E-state index is -0.356. The zero-order valence-electron chi connectivity index (χ0n) is 15.4. The lowest BCUT2D eigenvalue weighted by molar-refractivity contribution is 0.0526. The van der Waals surface area contributed by atoms with Gasteiger partial charge < -0.3 is 15.0 Å². The predicted molar refractivity (Wildman–Crippen MR) is 110 cm³/mol. The van der Waals surface area contributed by atoms with Crippen molar-refractivity contribution >= 4 is 34.2 Å². The lowest BCUT2D eigenvalue weighted by atomic mass is 10.1. The van der Waals surface area contributed by atoms with Crippen LogP contribution in [-0.4, -0.2) is 29.7 Å². The zero-order valence-corrected chi connectivity index (χ0v) is 16.2. The van der Waals surface area contributed by atoms with Gasteiger partial charge in [0.2, 0.25) is 5.12 Å². The average molecular weight is 382 g/mol. The summed E-state index contributed by atoms with van der Waals surface area (Å²) in [4.78, 5) is 26.8. The number of esters is 1. The fourth-order valence-corrected chi connectivity index (χ4v) is 3.92. The molecule has 3 rings (SSSR count). The molecule has 140 valence electrons. The zero-order chi connectivity index (χ0) is 19.4. The van der Waals surface area contributed by atoms with Crippen LogP contribution in [0.5, 0.6) is 0 Å². The summed E-state index contributed by atoms with van der Waals surface area (Å²) in [7, 11) is 0. The molecule has 5 nitrogen and oxygen atoms in total. The second-order valence-corrected chi connectivity index (χ2v) is 7.22. The highest BCUT2D eigenvalue weighted by Gasteiger charge is 2.31. The fraction of sp³-hybridized carbons (Fsp3) is 0.238. The molecule has 1 atom stereocenters. The summed E-state index contributed by atoms with van der Waals surface area (Å²) >= 11 is 1.21. The Morgan fingerprint density at radius 2 is 2.07 bits per heavy atom. The molecule has 2 aromatic rings. The number of rotatable bonds is 6. The van der Waals surface area contributed by atoms with Gasteiger partial charge in [0.1, 0.15) is 0 Å². The molecule has 0 bridgehead atoms. The normalized spacial score (nSPS) is 15.0. The first-order chi connectivity index (χ1) is 13.0. The molecule has 1 aliphatic heterocycles. The maximum Gasteiger partial charge on any atom is 0.338 e. The molecule has 0 amide bonds. The van der Waals surface area contributed by atoms with Crippen LogP contribution in [-0.2, 0) is 4.74 Å². The summed E-state index contributed by atoms with van der Waals surface area (Å²) in [6.45, 7) is 8.43. The number of nitrogens with zero attached hydrogens (tertiary/aromatic N) is 1. The summed E-state index contributed by atoms with van der Waals surface area (Å²) in [5, 5.41) is 3.34. The van der Waals surface area contributed by atoms with E-state index in [4.69, 9.17) is 4.74 Å². The van der Waals surface area contributed by atoms with Crippen LogP contribution in [0.15, 0.2) is 55.1 Å². The first kappa shape index (κ1) is 19.0. The third-order valence-electron chi connectivity index (χ3n) is 4.18. The third-order valence-corrected chi connectivity index (χ3v) is 5.22. The molecule has 0 aliphatic carbocycles. The number of nitrogens with one attached hydrogen (secondary N) is 1. The Kier molecular flexibility index (Phi) is 5.86. The van der Waals surface area contributed by atoms with Crippen LogP contribution in [0.25, 0.3) is 0 Å². The molecule has 0 radical (unpaired) electrons. The van der Waals surface area contributed by atoms with Crippen molar-refractivity contribution in [1.29, 1.82) is 0 Å². The lowest BCUT2D eigenvalue weighted by Crippen LogP contribution is -2.34. The van der Waals surface area contributed by atoms with Gasteiger partial charge in [-0.1, -0.05) is 29.8 Å². The number of benzene rings is 2. The summed E-state index contributed by atoms with van der Waals surface area (Å²) in [6, 6.07) is 12.9. The smallest absolute Gasteiger partial charge is 0.338 e. The SMILES string of the molecule is C=CCN1c2cc(C(=O)OCC)ccc2NC1SC(=O)c1cccc(C)c1. The molecular weight excluding hydrogens is 360 g/mol. The van der Waals surface area contributed by atoms with Gasteiger partial charge in [-0.3, -0.25) is 4.79 Å². The Labute approximate surface area is 163 Å². The summed E-state index contributed by atoms with van der Waals surface area (Å²) in [6.07, 6.45) is 1.78. The van der Waals surface area contributed by atoms with E-state index in [0.717, 1.165) is 16.9 Å². The fourth-order valence-electron chi connectivity index (χ4n) is 2.94. The van der Waals surface area contributed by atoms with Gasteiger partial charge in [0.15, 0.2) is 5.50 Å². The van der Waals surface area contributed by atoms with E-state index in [0.29, 0.717) is 24.3 Å². The number of thioether (sulfide) groups is 1. The molecule has 1 unspecified atom stereocenters. The molecule has 0 saturated heterocycles. The van der Waals surface area contributed by atoms with E-state index in [-0.39, 0.29) is 16.6 Å². The van der Waals surface area contributed by atoms with Crippen molar-refractivity contribution in [3.05, 3.63) is 71.8 Å². The molecule has 0 saturated carbocycles. The average Bonchev–Trinajstić information content (AvgIpc) is 2.99. The Hall–Kier alpha value is -2.73. The number of aryl methyl sites for hydroxylation is 1. The van der Waals surface area contributed by atoms with Gasteiger partial charge in [-0.2, -0.15) is 0 Å². The maximum absolute atomic E-state index is 12.7. The topological polar surface area (TPSA) is 58.6 Å². The Morgan fingerprint density at radius 1 is 1.26 bits per heavy atom. The van der Waals surface area contributed by atoms with Gasteiger partial charge in [-0.05, 0) is 49.9 Å². The first-order valence-electron chi connectivity index (χ1n) is 8.76. The van der Waals surface area contributed by atoms with Gasteiger partial charge in [-0.15, -0.1) is 6.58 Å². The molecule has 6 heteroatoms. The van der Waals surface area contributed by atoms with E-state index in [9.17, 15) is 9.59 Å². The van der Waals surface area contributed by atoms with Crippen LogP contribution in [0, 0.1) is 6.92 Å². The van der Waals surface area contributed by atoms with Crippen molar-refractivity contribution in [3.63, 3.8) is 0 Å². The highest BCUT2D eigenvalue weighted by atomic mass is 32.2. The van der Waals surface area contributed by atoms with Gasteiger partial charge >= 0.3 is 5.97 Å². The molecule has 1 N–H and O–H groups in total. The number of anilines is 2. The van der Waals surface area contributed by atoms with E-state index < -0.39 is 0 Å². The molecule has 1 heterocycles. The quantitative estimate of drug-likeness (QED) is 0.588. The minimum absolute atomic E-state index is 0.0105. The van der Waals surface area contributed by atoms with Crippen LogP contribution < -0.4 is 10.2 Å². The van der Waals surface area contributed by atoms with Crippen molar-refractivity contribution in [1.82, 2.24) is 0 Å². The number of fused-ring (bicyclic) bond motifs is 1. The van der Waals surface area contributed by atoms with Crippen LogP contribution in [0.3, 0.4) is 0 Å². The molecule has 1 aliphatic rings. The van der Waals surface area contributed by atoms with Crippen LogP contribution >= 0.6 is 11.8 Å². The van der Waals surface area contributed by atoms with E-state index in [1.807, 2.05) is 42.2 Å². The Balaban J connectivity index is 1.83. The van der Waals surface area contributed by atoms with Crippen molar-refractivity contribution in [2.24, 2.45) is 0 Å². The molecule has 27 heavy (non-hydrogen) atoms. The number of hydrogen-bond donors (Lipinski definition) is 1. The lowest BCUT2D eigenvalue weighted by Gasteiger charge is -2.24. The number of hydrogen-bond acceptors (Lipinski definition) is 6. The third kappa shape index (κ3) is 4.17. The van der Waals surface area contributed by atoms with Gasteiger partial charge in [0.05, 0.1) is 23.5 Å². The van der Waals surface area contributed by atoms with E-state index >= 15 is 0 Å². The van der Waals surface area contributed by atoms with Crippen LogP contribution in [0.2, 0.25) is 0 Å². The van der Waals surface area contributed by atoms with E-state index in [1.54, 1.807) is 25.1 Å². The second-order valence-electron chi connectivity index (χ2n) is 6.16. The Bertz CT molecular complexity index is 881. The molecular formula is C21H22N2O3S. The standard InChI is InChI=1S/C21H22N2O3S/c1-4-11-23-18-13-15(19(24)26-5-2)9-10-17(18)22-21(23)27-20(25)16-8-6-7-14(3)12-16/h4,6-10,12-13,21-22H,1,5,11H2,2-3H3. The van der Waals surface area contributed by atoms with E-state index in [1.165, 1.54) is 11.8 Å². The highest BCUT2D eigenvalue weighted by Crippen LogP contribution is 2.39. The first-order valence-corrected chi connectivity index (χ1v) is 9.64. The molecule has 0 fully saturated rings. The maximum atomic E-state index is 12.7. The number of carbonyl (C=O) groups is 2. The van der Waals surface area contributed by atoms with Crippen molar-refractivity contribution in [3.8, 4) is 0 Å². The Morgan fingerprint density at radius 3 is 2.78 bits per heavy atom. The number of carbonyl (C=O) groups excluding carboxylic acids is 2. The van der Waals surface area contributed by atoms with Gasteiger partial charge in [0, 0.05) is 12.1 Å². The predicted octanol–water partition coefficient (Wildman–Crippen LogP) is 4.45. The number of ether oxygens (including phenoxy) is 1. The highest BCUT2D eigenvalue weighted by molar-refractivity contribution is 8.14. The van der Waals surface area contributed by atoms with Crippen molar-refractivity contribution in [2.75, 3.05) is 23.4 Å². The molecule has 0 aromatic heterocycles. The largest absolute Gasteiger partial charge is 0.462 e. The van der Waals surface area contributed by atoms with E-state index in [2.05, 4.69) is 11.9 Å². The summed E-state index contributed by atoms with van der Waals surface area (Å²) < 4.78 is 5.09. The van der Waals surface area contributed by atoms with Gasteiger partial charge in [-0.25, -0.2) is 4.79 Å². The summed E-state index contributed by atoms with van der Waals surface area (Å²) in [5.41, 5.74) is 3.66. The molecule has 0 spiro atoms. The second kappa shape index (κ2) is 8.31. The van der Waals surface area contributed by atoms with Crippen molar-refractivity contribution < 1.29 is 14.3 Å². The van der Waals surface area contributed by atoms with Crippen molar-refractivity contribution in [2.45, 2.75) is 19.3 Å².